The van der Waals surface area contributed by atoms with Gasteiger partial charge in [0.2, 0.25) is 0 Å². The Morgan fingerprint density at radius 3 is 3.17 bits per heavy atom. The first-order valence-corrected chi connectivity index (χ1v) is 5.85. The maximum absolute atomic E-state index is 11.1. The molecule has 1 aromatic heterocycles. The maximum Gasteiger partial charge on any atom is 0.407 e. The lowest BCUT2D eigenvalue weighted by molar-refractivity contribution is 0.167. The lowest BCUT2D eigenvalue weighted by atomic mass is 10.3. The number of nitrogens with two attached hydrogens (primary N) is 1. The minimum atomic E-state index is -0.435. The highest BCUT2D eigenvalue weighted by Crippen LogP contribution is 2.28. The topological polar surface area (TPSA) is 93.4 Å². The maximum atomic E-state index is 11.1. The fraction of sp³-hybridized carbons (Fsp3) is 0.500. The van der Waals surface area contributed by atoms with Crippen LogP contribution >= 0.6 is 11.6 Å². The van der Waals surface area contributed by atoms with Crippen molar-refractivity contribution in [1.29, 1.82) is 0 Å². The zero-order valence-corrected chi connectivity index (χ0v) is 10.6. The number of nitrogens with one attached hydrogen (secondary N) is 1. The van der Waals surface area contributed by atoms with Crippen molar-refractivity contribution >= 4 is 29.2 Å². The van der Waals surface area contributed by atoms with E-state index >= 15 is 0 Å². The van der Waals surface area contributed by atoms with Crippen LogP contribution in [0.5, 0.6) is 0 Å². The Hall–Kier alpha value is -1.76. The van der Waals surface area contributed by atoms with Gasteiger partial charge in [-0.05, 0) is 6.42 Å². The molecule has 8 heteroatoms. The van der Waals surface area contributed by atoms with Crippen molar-refractivity contribution < 1.29 is 9.53 Å². The van der Waals surface area contributed by atoms with Gasteiger partial charge in [-0.3, -0.25) is 0 Å². The zero-order valence-electron chi connectivity index (χ0n) is 9.89. The normalized spacial score (nSPS) is 18.8. The second kappa shape index (κ2) is 5.26. The highest BCUT2D eigenvalue weighted by molar-refractivity contribution is 6.32. The van der Waals surface area contributed by atoms with Gasteiger partial charge in [0.15, 0.2) is 11.0 Å². The third-order valence-corrected chi connectivity index (χ3v) is 3.11. The molecule has 1 aliphatic rings. The summed E-state index contributed by atoms with van der Waals surface area (Å²) in [6, 6.07) is 0.0191. The van der Waals surface area contributed by atoms with Gasteiger partial charge in [0.1, 0.15) is 12.0 Å². The third-order valence-electron chi connectivity index (χ3n) is 2.81. The van der Waals surface area contributed by atoms with E-state index in [9.17, 15) is 4.79 Å². The molecule has 0 aliphatic carbocycles. The van der Waals surface area contributed by atoms with E-state index in [1.54, 1.807) is 0 Å². The molecule has 1 aromatic rings. The summed E-state index contributed by atoms with van der Waals surface area (Å²) in [5.74, 6) is 0.601. The van der Waals surface area contributed by atoms with Crippen LogP contribution in [0.2, 0.25) is 5.15 Å². The van der Waals surface area contributed by atoms with E-state index in [0.29, 0.717) is 18.1 Å². The number of rotatable bonds is 2. The molecule has 18 heavy (non-hydrogen) atoms. The molecule has 0 aromatic carbocycles. The van der Waals surface area contributed by atoms with E-state index in [2.05, 4.69) is 20.0 Å². The summed E-state index contributed by atoms with van der Waals surface area (Å²) in [5, 5.41) is 2.98. The highest BCUT2D eigenvalue weighted by atomic mass is 35.5. The van der Waals surface area contributed by atoms with Gasteiger partial charge in [0.05, 0.1) is 13.2 Å². The van der Waals surface area contributed by atoms with Crippen LogP contribution in [0.25, 0.3) is 0 Å². The first-order chi connectivity index (χ1) is 8.61. The number of hydrogen-bond acceptors (Lipinski definition) is 6. The van der Waals surface area contributed by atoms with E-state index < -0.39 is 6.09 Å². The van der Waals surface area contributed by atoms with E-state index in [1.807, 2.05) is 4.90 Å². The Bertz CT molecular complexity index is 456. The fourth-order valence-corrected chi connectivity index (χ4v) is 2.04. The van der Waals surface area contributed by atoms with Crippen LogP contribution in [0.1, 0.15) is 6.42 Å². The van der Waals surface area contributed by atoms with Gasteiger partial charge in [-0.15, -0.1) is 0 Å². The number of nitrogens with zero attached hydrogens (tertiary/aromatic N) is 3. The molecule has 0 saturated carbocycles. The van der Waals surface area contributed by atoms with Gasteiger partial charge in [-0.1, -0.05) is 11.6 Å². The molecular formula is C10H14ClN5O2. The quantitative estimate of drug-likeness (QED) is 0.767. The van der Waals surface area contributed by atoms with Crippen molar-refractivity contribution in [3.8, 4) is 0 Å². The average Bonchev–Trinajstić information content (AvgIpc) is 2.80. The molecule has 1 aliphatic heterocycles. The lowest BCUT2D eigenvalue weighted by Crippen LogP contribution is -2.37. The Labute approximate surface area is 109 Å². The Morgan fingerprint density at radius 2 is 2.44 bits per heavy atom. The lowest BCUT2D eigenvalue weighted by Gasteiger charge is -2.19. The second-order valence-corrected chi connectivity index (χ2v) is 4.33. The zero-order chi connectivity index (χ0) is 13.1. The molecule has 1 saturated heterocycles. The first-order valence-electron chi connectivity index (χ1n) is 5.47. The van der Waals surface area contributed by atoms with E-state index in [4.69, 9.17) is 17.3 Å². The molecule has 1 amide bonds. The van der Waals surface area contributed by atoms with E-state index in [1.165, 1.54) is 13.4 Å². The van der Waals surface area contributed by atoms with Crippen molar-refractivity contribution in [2.45, 2.75) is 12.5 Å². The van der Waals surface area contributed by atoms with Gasteiger partial charge >= 0.3 is 6.09 Å². The average molecular weight is 272 g/mol. The SMILES string of the molecule is COC(=O)NC1CCN(c2ncnc(Cl)c2N)C1. The number of carbonyl (C=O) groups excluding carboxylic acids is 1. The molecule has 1 unspecified atom stereocenters. The Morgan fingerprint density at radius 1 is 1.67 bits per heavy atom. The number of carbonyl (C=O) groups is 1. The molecule has 2 rings (SSSR count). The number of halogens is 1. The summed E-state index contributed by atoms with van der Waals surface area (Å²) in [5.41, 5.74) is 6.18. The minimum absolute atomic E-state index is 0.0191. The van der Waals surface area contributed by atoms with Gasteiger partial charge in [-0.25, -0.2) is 14.8 Å². The summed E-state index contributed by atoms with van der Waals surface area (Å²) < 4.78 is 4.56. The van der Waals surface area contributed by atoms with Crippen LogP contribution < -0.4 is 16.0 Å². The summed E-state index contributed by atoms with van der Waals surface area (Å²) in [4.78, 5) is 21.0. The first kappa shape index (κ1) is 12.7. The van der Waals surface area contributed by atoms with Crippen molar-refractivity contribution in [3.05, 3.63) is 11.5 Å². The minimum Gasteiger partial charge on any atom is -0.453 e. The molecular weight excluding hydrogens is 258 g/mol. The van der Waals surface area contributed by atoms with Crippen molar-refractivity contribution in [2.24, 2.45) is 0 Å². The molecule has 98 valence electrons. The highest BCUT2D eigenvalue weighted by Gasteiger charge is 2.26. The Balaban J connectivity index is 2.04. The van der Waals surface area contributed by atoms with Crippen LogP contribution in [0.15, 0.2) is 6.33 Å². The standard InChI is InChI=1S/C10H14ClN5O2/c1-18-10(17)15-6-2-3-16(4-6)9-7(12)8(11)13-5-14-9/h5-6H,2-4,12H2,1H3,(H,15,17). The monoisotopic (exact) mass is 271 g/mol. The molecule has 7 nitrogen and oxygen atoms in total. The predicted octanol–water partition coefficient (Wildman–Crippen LogP) is 0.647. The van der Waals surface area contributed by atoms with Crippen LogP contribution in [0.3, 0.4) is 0 Å². The van der Waals surface area contributed by atoms with Crippen molar-refractivity contribution in [3.63, 3.8) is 0 Å². The number of methoxy groups -OCH3 is 1. The van der Waals surface area contributed by atoms with Crippen LogP contribution in [0, 0.1) is 0 Å². The van der Waals surface area contributed by atoms with Gasteiger partial charge < -0.3 is 20.7 Å². The molecule has 0 spiro atoms. The molecule has 2 heterocycles. The fourth-order valence-electron chi connectivity index (χ4n) is 1.91. The number of nitrogen functional groups attached to an aromatic ring is 1. The molecule has 1 fully saturated rings. The number of anilines is 2. The van der Waals surface area contributed by atoms with Crippen molar-refractivity contribution in [2.75, 3.05) is 30.8 Å². The number of amides is 1. The number of hydrogen-bond donors (Lipinski definition) is 2. The van der Waals surface area contributed by atoms with Crippen molar-refractivity contribution in [1.82, 2.24) is 15.3 Å². The molecule has 0 radical (unpaired) electrons. The Kier molecular flexibility index (Phi) is 3.71. The van der Waals surface area contributed by atoms with E-state index in [0.717, 1.165) is 13.0 Å². The molecule has 1 atom stereocenters. The third kappa shape index (κ3) is 2.56. The summed E-state index contributed by atoms with van der Waals surface area (Å²) >= 11 is 5.84. The smallest absolute Gasteiger partial charge is 0.407 e. The number of alkyl carbamates (subject to hydrolysis) is 1. The summed E-state index contributed by atoms with van der Waals surface area (Å²) in [6.45, 7) is 1.36. The van der Waals surface area contributed by atoms with Gasteiger partial charge in [0.25, 0.3) is 0 Å². The van der Waals surface area contributed by atoms with Gasteiger partial charge in [0, 0.05) is 13.1 Å². The van der Waals surface area contributed by atoms with Crippen LogP contribution in [-0.2, 0) is 4.74 Å². The largest absolute Gasteiger partial charge is 0.453 e. The van der Waals surface area contributed by atoms with Crippen LogP contribution in [0.4, 0.5) is 16.3 Å². The van der Waals surface area contributed by atoms with Gasteiger partial charge in [-0.2, -0.15) is 0 Å². The molecule has 0 bridgehead atoms. The molecule has 3 N–H and O–H groups in total. The summed E-state index contributed by atoms with van der Waals surface area (Å²) in [7, 11) is 1.34. The number of ether oxygens (including phenoxy) is 1. The van der Waals surface area contributed by atoms with E-state index in [-0.39, 0.29) is 11.2 Å². The second-order valence-electron chi connectivity index (χ2n) is 3.97. The summed E-state index contributed by atoms with van der Waals surface area (Å²) in [6.07, 6.45) is 1.74. The number of aromatic nitrogens is 2. The van der Waals surface area contributed by atoms with Crippen LogP contribution in [-0.4, -0.2) is 42.3 Å². The predicted molar refractivity (Wildman–Crippen MR) is 67.6 cm³/mol.